The van der Waals surface area contributed by atoms with Crippen molar-refractivity contribution in [3.8, 4) is 0 Å². The standard InChI is InChI=1S/C12H16ClN3O2/c1-6(7(2)14)12(18)16-8-3-4-9(11(15)17)10(13)5-8/h3-7H,14H2,1-2H3,(H2,15,17)(H,16,18). The molecule has 0 saturated heterocycles. The molecule has 5 nitrogen and oxygen atoms in total. The molecule has 2 unspecified atom stereocenters. The molecule has 2 amide bonds. The Labute approximate surface area is 110 Å². The van der Waals surface area contributed by atoms with Crippen LogP contribution in [0, 0.1) is 5.92 Å². The molecular formula is C12H16ClN3O2. The Balaban J connectivity index is 2.84. The summed E-state index contributed by atoms with van der Waals surface area (Å²) in [5.41, 5.74) is 11.5. The fourth-order valence-electron chi connectivity index (χ4n) is 1.29. The molecule has 0 fully saturated rings. The number of halogens is 1. The molecule has 1 aromatic carbocycles. The van der Waals surface area contributed by atoms with E-state index in [0.29, 0.717) is 5.69 Å². The van der Waals surface area contributed by atoms with Crippen LogP contribution < -0.4 is 16.8 Å². The first-order chi connectivity index (χ1) is 8.32. The lowest BCUT2D eigenvalue weighted by Crippen LogP contribution is -2.34. The fourth-order valence-corrected chi connectivity index (χ4v) is 1.56. The van der Waals surface area contributed by atoms with E-state index in [0.717, 1.165) is 0 Å². The van der Waals surface area contributed by atoms with Gasteiger partial charge in [-0.1, -0.05) is 18.5 Å². The molecule has 1 aromatic rings. The van der Waals surface area contributed by atoms with Crippen molar-refractivity contribution in [2.24, 2.45) is 17.4 Å². The van der Waals surface area contributed by atoms with Crippen molar-refractivity contribution in [2.45, 2.75) is 19.9 Å². The highest BCUT2D eigenvalue weighted by atomic mass is 35.5. The zero-order valence-corrected chi connectivity index (χ0v) is 11.0. The second kappa shape index (κ2) is 5.84. The molecule has 0 spiro atoms. The number of carbonyl (C=O) groups excluding carboxylic acids is 2. The third kappa shape index (κ3) is 3.45. The SMILES string of the molecule is CC(N)C(C)C(=O)Nc1ccc(C(N)=O)c(Cl)c1. The molecule has 18 heavy (non-hydrogen) atoms. The first kappa shape index (κ1) is 14.5. The Bertz CT molecular complexity index is 474. The van der Waals surface area contributed by atoms with E-state index >= 15 is 0 Å². The molecule has 0 aliphatic rings. The number of anilines is 1. The highest BCUT2D eigenvalue weighted by molar-refractivity contribution is 6.34. The number of primary amides is 1. The molecule has 98 valence electrons. The zero-order chi connectivity index (χ0) is 13.9. The molecular weight excluding hydrogens is 254 g/mol. The number of rotatable bonds is 4. The summed E-state index contributed by atoms with van der Waals surface area (Å²) in [7, 11) is 0. The molecule has 2 atom stereocenters. The van der Waals surface area contributed by atoms with E-state index in [2.05, 4.69) is 5.32 Å². The zero-order valence-electron chi connectivity index (χ0n) is 10.2. The molecule has 0 heterocycles. The highest BCUT2D eigenvalue weighted by Gasteiger charge is 2.17. The smallest absolute Gasteiger partial charge is 0.250 e. The van der Waals surface area contributed by atoms with Crippen LogP contribution in [0.2, 0.25) is 5.02 Å². The molecule has 5 N–H and O–H groups in total. The normalized spacial score (nSPS) is 13.8. The quantitative estimate of drug-likeness (QED) is 0.770. The minimum atomic E-state index is -0.609. The number of amides is 2. The van der Waals surface area contributed by atoms with Crippen LogP contribution in [0.1, 0.15) is 24.2 Å². The monoisotopic (exact) mass is 269 g/mol. The fraction of sp³-hybridized carbons (Fsp3) is 0.333. The summed E-state index contributed by atoms with van der Waals surface area (Å²) >= 11 is 5.87. The Morgan fingerprint density at radius 2 is 1.94 bits per heavy atom. The Hall–Kier alpha value is -1.59. The topological polar surface area (TPSA) is 98.2 Å². The van der Waals surface area contributed by atoms with Crippen molar-refractivity contribution in [2.75, 3.05) is 5.32 Å². The largest absolute Gasteiger partial charge is 0.366 e. The van der Waals surface area contributed by atoms with E-state index in [1.165, 1.54) is 12.1 Å². The summed E-state index contributed by atoms with van der Waals surface area (Å²) in [6.45, 7) is 3.49. The van der Waals surface area contributed by atoms with Gasteiger partial charge in [-0.05, 0) is 25.1 Å². The molecule has 0 aliphatic carbocycles. The second-order valence-electron chi connectivity index (χ2n) is 4.20. The summed E-state index contributed by atoms with van der Waals surface area (Å²) < 4.78 is 0. The van der Waals surface area contributed by atoms with E-state index < -0.39 is 5.91 Å². The van der Waals surface area contributed by atoms with Gasteiger partial charge >= 0.3 is 0 Å². The minimum absolute atomic E-state index is 0.201. The molecule has 0 aliphatic heterocycles. The van der Waals surface area contributed by atoms with Crippen molar-refractivity contribution in [3.05, 3.63) is 28.8 Å². The minimum Gasteiger partial charge on any atom is -0.366 e. The van der Waals surface area contributed by atoms with Crippen LogP contribution >= 0.6 is 11.6 Å². The van der Waals surface area contributed by atoms with Crippen molar-refractivity contribution in [3.63, 3.8) is 0 Å². The second-order valence-corrected chi connectivity index (χ2v) is 4.60. The maximum absolute atomic E-state index is 11.8. The van der Waals surface area contributed by atoms with E-state index in [4.69, 9.17) is 23.1 Å². The van der Waals surface area contributed by atoms with Crippen molar-refractivity contribution >= 4 is 29.1 Å². The number of nitrogens with two attached hydrogens (primary N) is 2. The van der Waals surface area contributed by atoms with Crippen LogP contribution in [-0.2, 0) is 4.79 Å². The molecule has 0 saturated carbocycles. The lowest BCUT2D eigenvalue weighted by molar-refractivity contribution is -0.119. The predicted molar refractivity (Wildman–Crippen MR) is 71.4 cm³/mol. The first-order valence-electron chi connectivity index (χ1n) is 5.48. The van der Waals surface area contributed by atoms with Gasteiger partial charge in [0.05, 0.1) is 16.5 Å². The van der Waals surface area contributed by atoms with Crippen LogP contribution in [0.4, 0.5) is 5.69 Å². The van der Waals surface area contributed by atoms with Crippen molar-refractivity contribution in [1.29, 1.82) is 0 Å². The molecule has 1 rings (SSSR count). The van der Waals surface area contributed by atoms with Crippen molar-refractivity contribution < 1.29 is 9.59 Å². The van der Waals surface area contributed by atoms with Gasteiger partial charge in [-0.15, -0.1) is 0 Å². The number of carbonyl (C=O) groups is 2. The van der Waals surface area contributed by atoms with Crippen molar-refractivity contribution in [1.82, 2.24) is 0 Å². The Morgan fingerprint density at radius 1 is 1.33 bits per heavy atom. The van der Waals surface area contributed by atoms with Gasteiger partial charge in [-0.2, -0.15) is 0 Å². The highest BCUT2D eigenvalue weighted by Crippen LogP contribution is 2.21. The summed E-state index contributed by atoms with van der Waals surface area (Å²) in [5, 5.41) is 2.88. The maximum atomic E-state index is 11.8. The van der Waals surface area contributed by atoms with E-state index in [1.54, 1.807) is 19.9 Å². The number of hydrogen-bond donors (Lipinski definition) is 3. The number of benzene rings is 1. The van der Waals surface area contributed by atoms with Crippen LogP contribution in [0.15, 0.2) is 18.2 Å². The first-order valence-corrected chi connectivity index (χ1v) is 5.86. The molecule has 0 bridgehead atoms. The van der Waals surface area contributed by atoms with Gasteiger partial charge in [0.25, 0.3) is 0 Å². The molecule has 0 aromatic heterocycles. The lowest BCUT2D eigenvalue weighted by atomic mass is 10.0. The molecule has 6 heteroatoms. The van der Waals surface area contributed by atoms with Gasteiger partial charge in [0.1, 0.15) is 0 Å². The molecule has 0 radical (unpaired) electrons. The van der Waals surface area contributed by atoms with E-state index in [9.17, 15) is 9.59 Å². The number of hydrogen-bond acceptors (Lipinski definition) is 3. The van der Waals surface area contributed by atoms with Crippen LogP contribution in [-0.4, -0.2) is 17.9 Å². The van der Waals surface area contributed by atoms with Gasteiger partial charge in [0, 0.05) is 11.7 Å². The Morgan fingerprint density at radius 3 is 2.39 bits per heavy atom. The van der Waals surface area contributed by atoms with E-state index in [-0.39, 0.29) is 28.5 Å². The lowest BCUT2D eigenvalue weighted by Gasteiger charge is -2.15. The predicted octanol–water partition coefficient (Wildman–Crippen LogP) is 1.36. The average Bonchev–Trinajstić information content (AvgIpc) is 2.27. The van der Waals surface area contributed by atoms with Crippen LogP contribution in [0.3, 0.4) is 0 Å². The third-order valence-corrected chi connectivity index (χ3v) is 3.02. The van der Waals surface area contributed by atoms with Gasteiger partial charge in [0.15, 0.2) is 0 Å². The van der Waals surface area contributed by atoms with Crippen LogP contribution in [0.25, 0.3) is 0 Å². The van der Waals surface area contributed by atoms with Gasteiger partial charge in [0.2, 0.25) is 11.8 Å². The van der Waals surface area contributed by atoms with Gasteiger partial charge in [-0.25, -0.2) is 0 Å². The average molecular weight is 270 g/mol. The maximum Gasteiger partial charge on any atom is 0.250 e. The summed E-state index contributed by atoms with van der Waals surface area (Å²) in [6, 6.07) is 4.27. The summed E-state index contributed by atoms with van der Waals surface area (Å²) in [6.07, 6.45) is 0. The summed E-state index contributed by atoms with van der Waals surface area (Å²) in [5.74, 6) is -1.13. The Kier molecular flexibility index (Phi) is 4.69. The number of nitrogens with one attached hydrogen (secondary N) is 1. The van der Waals surface area contributed by atoms with E-state index in [1.807, 2.05) is 0 Å². The third-order valence-electron chi connectivity index (χ3n) is 2.70. The summed E-state index contributed by atoms with van der Waals surface area (Å²) in [4.78, 5) is 22.7. The van der Waals surface area contributed by atoms with Crippen LogP contribution in [0.5, 0.6) is 0 Å². The van der Waals surface area contributed by atoms with Gasteiger partial charge in [-0.3, -0.25) is 9.59 Å². The van der Waals surface area contributed by atoms with Gasteiger partial charge < -0.3 is 16.8 Å².